The van der Waals surface area contributed by atoms with Crippen LogP contribution in [0.5, 0.6) is 0 Å². The van der Waals surface area contributed by atoms with E-state index >= 15 is 0 Å². The lowest BCUT2D eigenvalue weighted by Gasteiger charge is -2.25. The Kier molecular flexibility index (Phi) is 14.4. The molecule has 1 aliphatic heterocycles. The van der Waals surface area contributed by atoms with E-state index in [1.165, 1.54) is 0 Å². The van der Waals surface area contributed by atoms with Crippen molar-refractivity contribution in [3.05, 3.63) is 0 Å². The van der Waals surface area contributed by atoms with Gasteiger partial charge in [0, 0.05) is 0 Å². The van der Waals surface area contributed by atoms with Crippen molar-refractivity contribution in [2.45, 2.75) is 46.3 Å². The van der Waals surface area contributed by atoms with E-state index in [4.69, 9.17) is 14.2 Å². The van der Waals surface area contributed by atoms with Gasteiger partial charge in [0.2, 0.25) is 0 Å². The van der Waals surface area contributed by atoms with Gasteiger partial charge < -0.3 is 14.2 Å². The second kappa shape index (κ2) is 12.4. The van der Waals surface area contributed by atoms with E-state index in [2.05, 4.69) is 46.3 Å². The first kappa shape index (κ1) is 22.0. The van der Waals surface area contributed by atoms with E-state index in [0.717, 1.165) is 0 Å². The molecule has 1 rings (SSSR count). The van der Waals surface area contributed by atoms with Gasteiger partial charge in [0.15, 0.2) is 0 Å². The Labute approximate surface area is 147 Å². The Bertz CT molecular complexity index is 199. The number of hydrogen-bond acceptors (Lipinski definition) is 5. The highest BCUT2D eigenvalue weighted by Gasteiger charge is 2.38. The minimum atomic E-state index is -1.21. The van der Waals surface area contributed by atoms with Gasteiger partial charge in [0.25, 0.3) is 0 Å². The maximum Gasteiger partial charge on any atom is 0.612 e. The molecule has 0 bridgehead atoms. The average molecular weight is 362 g/mol. The number of rotatable bonds is 4. The number of hydrogen-bond donors (Lipinski definition) is 0. The van der Waals surface area contributed by atoms with Gasteiger partial charge in [-0.2, -0.15) is 0 Å². The fraction of sp³-hybridized carbons (Fsp3) is 1.00. The molecular formula is C8H24Al6O5. The normalized spacial score (nSPS) is 14.8. The molecule has 11 heteroatoms. The smallest absolute Gasteiger partial charge is 0.612 e. The van der Waals surface area contributed by atoms with E-state index in [9.17, 15) is 0 Å². The molecule has 0 aromatic rings. The highest BCUT2D eigenvalue weighted by atomic mass is 27.4. The van der Waals surface area contributed by atoms with Crippen LogP contribution in [0.2, 0.25) is 46.3 Å². The first-order valence-electron chi connectivity index (χ1n) is 6.98. The monoisotopic (exact) mass is 362 g/mol. The van der Waals surface area contributed by atoms with Crippen LogP contribution in [0.4, 0.5) is 0 Å². The zero-order chi connectivity index (χ0) is 15.0. The van der Waals surface area contributed by atoms with Crippen molar-refractivity contribution in [1.82, 2.24) is 0 Å². The molecule has 5 nitrogen and oxygen atoms in total. The summed E-state index contributed by atoms with van der Waals surface area (Å²) in [6.45, 7) is 0. The van der Waals surface area contributed by atoms with Crippen LogP contribution >= 0.6 is 0 Å². The standard InChI is InChI=1S/8CH3.6Al.5O/h8*1H3;;;;;;;;;;;. The summed E-state index contributed by atoms with van der Waals surface area (Å²) in [5, 5.41) is 0. The minimum absolute atomic E-state index is 0.828. The third kappa shape index (κ3) is 14.3. The molecule has 0 saturated carbocycles. The van der Waals surface area contributed by atoms with Gasteiger partial charge >= 0.3 is 88.2 Å². The van der Waals surface area contributed by atoms with Crippen LogP contribution < -0.4 is 0 Å². The molecule has 0 amide bonds. The largest absolute Gasteiger partial charge is 0.616 e. The van der Waals surface area contributed by atoms with E-state index in [1.54, 1.807) is 0 Å². The molecule has 0 aromatic heterocycles. The van der Waals surface area contributed by atoms with Crippen LogP contribution in [-0.4, -0.2) is 88.2 Å². The van der Waals surface area contributed by atoms with Crippen molar-refractivity contribution in [3.63, 3.8) is 0 Å². The van der Waals surface area contributed by atoms with Crippen molar-refractivity contribution < 1.29 is 14.2 Å². The highest BCUT2D eigenvalue weighted by molar-refractivity contribution is 6.72. The molecule has 1 aliphatic rings. The Morgan fingerprint density at radius 3 is 1.11 bits per heavy atom. The predicted molar refractivity (Wildman–Crippen MR) is 86.9 cm³/mol. The lowest BCUT2D eigenvalue weighted by Crippen LogP contribution is -2.44. The summed E-state index contributed by atoms with van der Waals surface area (Å²) in [5.74, 6) is 17.1. The van der Waals surface area contributed by atoms with Gasteiger partial charge in [0.05, 0.1) is 0 Å². The van der Waals surface area contributed by atoms with Gasteiger partial charge in [-0.15, -0.1) is 0 Å². The fourth-order valence-corrected chi connectivity index (χ4v) is 17.6. The molecule has 1 heterocycles. The van der Waals surface area contributed by atoms with E-state index in [0.29, 0.717) is 0 Å². The van der Waals surface area contributed by atoms with Crippen LogP contribution in [0.1, 0.15) is 0 Å². The minimum Gasteiger partial charge on any atom is -0.616 e. The van der Waals surface area contributed by atoms with Gasteiger partial charge in [-0.1, -0.05) is 46.3 Å². The molecule has 0 N–H and O–H groups in total. The summed E-state index contributed by atoms with van der Waals surface area (Å²) in [6.07, 6.45) is 0. The Balaban J connectivity index is 0.000000342. The van der Waals surface area contributed by atoms with Gasteiger partial charge in [0.1, 0.15) is 0 Å². The Hall–Kier alpha value is 2.99. The van der Waals surface area contributed by atoms with Crippen LogP contribution in [0.3, 0.4) is 0 Å². The molecule has 0 spiro atoms. The summed E-state index contributed by atoms with van der Waals surface area (Å²) < 4.78 is 27.6. The Morgan fingerprint density at radius 1 is 0.632 bits per heavy atom. The molecule has 0 aromatic carbocycles. The lowest BCUT2D eigenvalue weighted by atomic mass is 11.9. The topological polar surface area (TPSA) is 46.2 Å². The van der Waals surface area contributed by atoms with Crippen LogP contribution in [-0.2, 0) is 14.2 Å². The SMILES string of the molecule is [CH3][Al]([CH3])[O][Al]([CH3])[O][Al]([CH3])[CH3].[CH3][Al]1[O][Al]([CH3])[O][Al]([CH3])[O]1. The molecular weight excluding hydrogens is 338 g/mol. The maximum absolute atomic E-state index is 5.65. The molecule has 1 fully saturated rings. The highest BCUT2D eigenvalue weighted by Crippen LogP contribution is 2.06. The molecule has 104 valence electrons. The van der Waals surface area contributed by atoms with Crippen molar-refractivity contribution in [2.75, 3.05) is 0 Å². The summed E-state index contributed by atoms with van der Waals surface area (Å²) in [5.41, 5.74) is 0. The van der Waals surface area contributed by atoms with Crippen molar-refractivity contribution in [3.8, 4) is 0 Å². The second-order valence-electron chi connectivity index (χ2n) is 5.05. The van der Waals surface area contributed by atoms with Gasteiger partial charge in [-0.05, 0) is 0 Å². The van der Waals surface area contributed by atoms with Crippen LogP contribution in [0.25, 0.3) is 0 Å². The zero-order valence-electron chi connectivity index (χ0n) is 13.5. The fourth-order valence-electron chi connectivity index (χ4n) is 1.70. The molecule has 0 atom stereocenters. The molecule has 19 heavy (non-hydrogen) atoms. The summed E-state index contributed by atoms with van der Waals surface area (Å²) in [6, 6.07) is 0. The van der Waals surface area contributed by atoms with Crippen molar-refractivity contribution >= 4 is 88.2 Å². The quantitative estimate of drug-likeness (QED) is 0.717. The summed E-state index contributed by atoms with van der Waals surface area (Å²) >= 11 is -6.49. The average Bonchev–Trinajstić information content (AvgIpc) is 2.12. The third-order valence-electron chi connectivity index (χ3n) is 2.08. The predicted octanol–water partition coefficient (Wildman–Crippen LogP) is 2.04. The summed E-state index contributed by atoms with van der Waals surface area (Å²) in [7, 11) is 0. The first-order valence-corrected chi connectivity index (χ1v) is 20.9. The van der Waals surface area contributed by atoms with Crippen LogP contribution in [0, 0.1) is 0 Å². The Morgan fingerprint density at radius 2 is 0.895 bits per heavy atom. The molecule has 0 unspecified atom stereocenters. The summed E-state index contributed by atoms with van der Waals surface area (Å²) in [4.78, 5) is 0. The molecule has 0 aliphatic carbocycles. The van der Waals surface area contributed by atoms with Crippen molar-refractivity contribution in [2.24, 2.45) is 0 Å². The van der Waals surface area contributed by atoms with Crippen LogP contribution in [0.15, 0.2) is 0 Å². The lowest BCUT2D eigenvalue weighted by molar-refractivity contribution is 0.294. The first-order chi connectivity index (χ1) is 8.70. The molecule has 0 radical (unpaired) electrons. The van der Waals surface area contributed by atoms with Gasteiger partial charge in [-0.25, -0.2) is 0 Å². The molecule has 1 saturated heterocycles. The van der Waals surface area contributed by atoms with Crippen molar-refractivity contribution in [1.29, 1.82) is 0 Å². The van der Waals surface area contributed by atoms with E-state index < -0.39 is 88.2 Å². The zero-order valence-corrected chi connectivity index (χ0v) is 20.4. The van der Waals surface area contributed by atoms with Gasteiger partial charge in [-0.3, -0.25) is 0 Å². The maximum atomic E-state index is 5.65. The second-order valence-corrected chi connectivity index (χ2v) is 19.2. The van der Waals surface area contributed by atoms with E-state index in [-0.39, 0.29) is 0 Å². The van der Waals surface area contributed by atoms with E-state index in [1.807, 2.05) is 0 Å². The third-order valence-corrected chi connectivity index (χ3v) is 18.7.